The number of hydrogen-bond donors (Lipinski definition) is 5. The standard InChI is InChI=1S/C23H32N4O6/c24-15(21(28)29)7-4-13-11-27-10-12(16-2-1-3-17(25-16)22(30)31)5-9-19(27)14-6-8-18(23(32)33)26-20(13)14/h10-11,14-19,25H,1-9,24H2,(H,28,29)(H,30,31)(H,32,33)/t14-,15+,16-,17+,18+,19-/m1/s1. The van der Waals surface area contributed by atoms with Gasteiger partial charge in [-0.05, 0) is 68.9 Å². The van der Waals surface area contributed by atoms with Crippen molar-refractivity contribution in [2.45, 2.75) is 88.0 Å². The molecule has 0 radical (unpaired) electrons. The molecule has 0 spiro atoms. The van der Waals surface area contributed by atoms with E-state index >= 15 is 0 Å². The molecule has 0 aliphatic carbocycles. The second kappa shape index (κ2) is 9.64. The smallest absolute Gasteiger partial charge is 0.328 e. The van der Waals surface area contributed by atoms with Crippen LogP contribution in [0.5, 0.6) is 0 Å². The zero-order valence-corrected chi connectivity index (χ0v) is 18.5. The van der Waals surface area contributed by atoms with Gasteiger partial charge in [0.15, 0.2) is 0 Å². The number of hydrogen-bond acceptors (Lipinski definition) is 7. The number of rotatable bonds is 7. The quantitative estimate of drug-likeness (QED) is 0.377. The van der Waals surface area contributed by atoms with Crippen LogP contribution in [0.2, 0.25) is 0 Å². The van der Waals surface area contributed by atoms with Gasteiger partial charge in [0, 0.05) is 36.1 Å². The summed E-state index contributed by atoms with van der Waals surface area (Å²) >= 11 is 0. The van der Waals surface area contributed by atoms with Gasteiger partial charge < -0.3 is 26.0 Å². The lowest BCUT2D eigenvalue weighted by Crippen LogP contribution is -2.51. The fourth-order valence-electron chi connectivity index (χ4n) is 5.59. The van der Waals surface area contributed by atoms with Crippen LogP contribution in [0.25, 0.3) is 0 Å². The number of aliphatic imine (C=N–C) groups is 1. The Kier molecular flexibility index (Phi) is 6.85. The molecule has 4 aliphatic heterocycles. The molecule has 0 aromatic rings. The number of carboxylic acids is 3. The number of nitrogens with one attached hydrogen (secondary N) is 1. The molecular formula is C23H32N4O6. The van der Waals surface area contributed by atoms with Crippen LogP contribution in [0.4, 0.5) is 0 Å². The average molecular weight is 461 g/mol. The van der Waals surface area contributed by atoms with Crippen molar-refractivity contribution in [1.82, 2.24) is 10.2 Å². The molecule has 0 aromatic heterocycles. The molecule has 0 aromatic carbocycles. The first-order valence-corrected chi connectivity index (χ1v) is 11.7. The Bertz CT molecular complexity index is 913. The van der Waals surface area contributed by atoms with Crippen LogP contribution in [0, 0.1) is 5.92 Å². The number of nitrogens with two attached hydrogens (primary N) is 1. The lowest BCUT2D eigenvalue weighted by atomic mass is 9.75. The highest BCUT2D eigenvalue weighted by Crippen LogP contribution is 2.40. The van der Waals surface area contributed by atoms with Crippen LogP contribution in [-0.4, -0.2) is 74.0 Å². The van der Waals surface area contributed by atoms with E-state index in [0.29, 0.717) is 25.7 Å². The van der Waals surface area contributed by atoms with Gasteiger partial charge in [-0.1, -0.05) is 0 Å². The number of carboxylic acid groups (broad SMARTS) is 3. The van der Waals surface area contributed by atoms with Gasteiger partial charge >= 0.3 is 17.9 Å². The highest BCUT2D eigenvalue weighted by molar-refractivity contribution is 6.04. The van der Waals surface area contributed by atoms with Crippen LogP contribution < -0.4 is 11.1 Å². The first-order valence-electron chi connectivity index (χ1n) is 11.7. The summed E-state index contributed by atoms with van der Waals surface area (Å²) in [5.41, 5.74) is 8.53. The van der Waals surface area contributed by atoms with Crippen LogP contribution in [0.15, 0.2) is 28.5 Å². The number of allylic oxidation sites excluding steroid dienone is 1. The normalized spacial score (nSPS) is 32.5. The Morgan fingerprint density at radius 1 is 1.09 bits per heavy atom. The zero-order chi connectivity index (χ0) is 23.7. The molecular weight excluding hydrogens is 428 g/mol. The summed E-state index contributed by atoms with van der Waals surface area (Å²) in [4.78, 5) is 41.0. The Hall–Kier alpha value is -2.72. The molecule has 1 fully saturated rings. The highest BCUT2D eigenvalue weighted by atomic mass is 16.4. The predicted molar refractivity (Wildman–Crippen MR) is 120 cm³/mol. The second-order valence-electron chi connectivity index (χ2n) is 9.49. The van der Waals surface area contributed by atoms with Gasteiger partial charge in [-0.2, -0.15) is 0 Å². The van der Waals surface area contributed by atoms with Crippen LogP contribution in [0.1, 0.15) is 57.8 Å². The minimum absolute atomic E-state index is 0.0240. The lowest BCUT2D eigenvalue weighted by Gasteiger charge is -2.46. The van der Waals surface area contributed by atoms with Gasteiger partial charge in [-0.25, -0.2) is 4.79 Å². The van der Waals surface area contributed by atoms with Crippen molar-refractivity contribution in [2.24, 2.45) is 16.6 Å². The molecule has 0 bridgehead atoms. The Morgan fingerprint density at radius 3 is 2.58 bits per heavy atom. The van der Waals surface area contributed by atoms with Gasteiger partial charge in [-0.3, -0.25) is 19.9 Å². The number of aliphatic carboxylic acids is 3. The van der Waals surface area contributed by atoms with Gasteiger partial charge in [0.1, 0.15) is 18.1 Å². The van der Waals surface area contributed by atoms with E-state index < -0.39 is 36.0 Å². The maximum Gasteiger partial charge on any atom is 0.328 e. The van der Waals surface area contributed by atoms with E-state index in [-0.39, 0.29) is 24.4 Å². The minimum Gasteiger partial charge on any atom is -0.480 e. The highest BCUT2D eigenvalue weighted by Gasteiger charge is 2.41. The van der Waals surface area contributed by atoms with Gasteiger partial charge in [0.2, 0.25) is 0 Å². The SMILES string of the molecule is N[C@@H](CCC1=CN2C=C([C@H]3CCC[C@@H](C(=O)O)N3)CC[C@@H]2[C@H]2CC[C@@H](C(=O)O)N=C12)C(=O)O. The van der Waals surface area contributed by atoms with Crippen molar-refractivity contribution in [3.63, 3.8) is 0 Å². The summed E-state index contributed by atoms with van der Waals surface area (Å²) in [6.45, 7) is 0. The molecule has 10 nitrogen and oxygen atoms in total. The Morgan fingerprint density at radius 2 is 1.88 bits per heavy atom. The summed E-state index contributed by atoms with van der Waals surface area (Å²) < 4.78 is 0. The molecule has 4 heterocycles. The first kappa shape index (κ1) is 23.4. The van der Waals surface area contributed by atoms with Gasteiger partial charge in [0.05, 0.1) is 0 Å². The monoisotopic (exact) mass is 460 g/mol. The molecule has 4 aliphatic rings. The summed E-state index contributed by atoms with van der Waals surface area (Å²) in [6.07, 6.45) is 10.0. The average Bonchev–Trinajstić information content (AvgIpc) is 2.81. The lowest BCUT2D eigenvalue weighted by molar-refractivity contribution is -0.140. The van der Waals surface area contributed by atoms with Crippen LogP contribution in [-0.2, 0) is 14.4 Å². The van der Waals surface area contributed by atoms with Crippen LogP contribution in [0.3, 0.4) is 0 Å². The molecule has 180 valence electrons. The van der Waals surface area contributed by atoms with Crippen molar-refractivity contribution in [1.29, 1.82) is 0 Å². The number of fused-ring (bicyclic) bond motifs is 3. The molecule has 0 unspecified atom stereocenters. The van der Waals surface area contributed by atoms with Gasteiger partial charge in [0.25, 0.3) is 0 Å². The van der Waals surface area contributed by atoms with E-state index in [4.69, 9.17) is 10.8 Å². The Labute approximate surface area is 192 Å². The molecule has 6 atom stereocenters. The molecule has 0 amide bonds. The van der Waals surface area contributed by atoms with Crippen molar-refractivity contribution >= 4 is 23.6 Å². The summed E-state index contributed by atoms with van der Waals surface area (Å²) in [5.74, 6) is -2.73. The molecule has 4 rings (SSSR count). The number of nitrogens with zero attached hydrogens (tertiary/aromatic N) is 2. The summed E-state index contributed by atoms with van der Waals surface area (Å²) in [7, 11) is 0. The third-order valence-electron chi connectivity index (χ3n) is 7.38. The second-order valence-corrected chi connectivity index (χ2v) is 9.49. The maximum atomic E-state index is 11.6. The topological polar surface area (TPSA) is 166 Å². The zero-order valence-electron chi connectivity index (χ0n) is 18.5. The minimum atomic E-state index is -1.06. The first-order chi connectivity index (χ1) is 15.7. The molecule has 1 saturated heterocycles. The van der Waals surface area contributed by atoms with E-state index in [0.717, 1.165) is 37.0 Å². The van der Waals surface area contributed by atoms with Crippen molar-refractivity contribution < 1.29 is 29.7 Å². The summed E-state index contributed by atoms with van der Waals surface area (Å²) in [6, 6.07) is -2.10. The van der Waals surface area contributed by atoms with Gasteiger partial charge in [-0.15, -0.1) is 0 Å². The molecule has 33 heavy (non-hydrogen) atoms. The van der Waals surface area contributed by atoms with Crippen molar-refractivity contribution in [3.05, 3.63) is 23.5 Å². The van der Waals surface area contributed by atoms with Crippen molar-refractivity contribution in [3.8, 4) is 0 Å². The van der Waals surface area contributed by atoms with E-state index in [1.54, 1.807) is 0 Å². The van der Waals surface area contributed by atoms with Crippen LogP contribution >= 0.6 is 0 Å². The molecule has 6 N–H and O–H groups in total. The van der Waals surface area contributed by atoms with E-state index in [1.165, 1.54) is 5.57 Å². The number of piperidine rings is 1. The predicted octanol–water partition coefficient (Wildman–Crippen LogP) is 1.32. The van der Waals surface area contributed by atoms with E-state index in [2.05, 4.69) is 21.4 Å². The maximum absolute atomic E-state index is 11.6. The Balaban J connectivity index is 1.61. The third kappa shape index (κ3) is 4.96. The van der Waals surface area contributed by atoms with Crippen molar-refractivity contribution in [2.75, 3.05) is 0 Å². The largest absolute Gasteiger partial charge is 0.480 e. The third-order valence-corrected chi connectivity index (χ3v) is 7.38. The summed E-state index contributed by atoms with van der Waals surface area (Å²) in [5, 5.41) is 31.3. The molecule has 10 heteroatoms. The number of carbonyl (C=O) groups is 3. The molecule has 0 saturated carbocycles. The fourth-order valence-corrected chi connectivity index (χ4v) is 5.59. The van der Waals surface area contributed by atoms with E-state index in [9.17, 15) is 24.6 Å². The van der Waals surface area contributed by atoms with E-state index in [1.807, 2.05) is 6.20 Å². The fraction of sp³-hybridized carbons (Fsp3) is 0.652.